The standard InChI is InChI=1S/C22H25N3O2S/c1-3-7-18-14-19(28-15(18)2)22(26)25-12-10-17(11-13-25)21-23-20(24-27-21)16-8-5-4-6-9-16/h4-6,8-9,14,17H,3,7,10-13H2,1-2H3. The minimum Gasteiger partial charge on any atom is -0.339 e. The Balaban J connectivity index is 1.39. The molecule has 146 valence electrons. The van der Waals surface area contributed by atoms with Crippen molar-refractivity contribution in [1.29, 1.82) is 0 Å². The number of rotatable bonds is 5. The van der Waals surface area contributed by atoms with Crippen LogP contribution >= 0.6 is 11.3 Å². The van der Waals surface area contributed by atoms with Gasteiger partial charge in [0.05, 0.1) is 4.88 Å². The number of aromatic nitrogens is 2. The molecule has 1 fully saturated rings. The van der Waals surface area contributed by atoms with E-state index >= 15 is 0 Å². The van der Waals surface area contributed by atoms with Gasteiger partial charge < -0.3 is 9.42 Å². The average Bonchev–Trinajstić information content (AvgIpc) is 3.36. The number of nitrogens with zero attached hydrogens (tertiary/aromatic N) is 3. The van der Waals surface area contributed by atoms with Gasteiger partial charge in [0, 0.05) is 29.4 Å². The second-order valence-corrected chi connectivity index (χ2v) is 8.59. The van der Waals surface area contributed by atoms with Crippen molar-refractivity contribution in [3.8, 4) is 11.4 Å². The summed E-state index contributed by atoms with van der Waals surface area (Å²) in [4.78, 5) is 21.6. The quantitative estimate of drug-likeness (QED) is 0.604. The zero-order chi connectivity index (χ0) is 19.5. The first-order valence-corrected chi connectivity index (χ1v) is 10.7. The van der Waals surface area contributed by atoms with Gasteiger partial charge in [0.2, 0.25) is 11.7 Å². The van der Waals surface area contributed by atoms with Crippen molar-refractivity contribution >= 4 is 17.2 Å². The molecule has 1 aliphatic rings. The molecule has 0 unspecified atom stereocenters. The first-order valence-electron chi connectivity index (χ1n) is 9.93. The van der Waals surface area contributed by atoms with Crippen LogP contribution in [0.15, 0.2) is 40.9 Å². The van der Waals surface area contributed by atoms with Crippen LogP contribution in [-0.4, -0.2) is 34.0 Å². The maximum atomic E-state index is 12.9. The monoisotopic (exact) mass is 395 g/mol. The van der Waals surface area contributed by atoms with E-state index in [1.54, 1.807) is 11.3 Å². The largest absolute Gasteiger partial charge is 0.339 e. The van der Waals surface area contributed by atoms with E-state index in [9.17, 15) is 4.79 Å². The Morgan fingerprint density at radius 1 is 1.25 bits per heavy atom. The van der Waals surface area contributed by atoms with E-state index in [-0.39, 0.29) is 11.8 Å². The molecule has 3 heterocycles. The van der Waals surface area contributed by atoms with Crippen molar-refractivity contribution in [2.45, 2.75) is 45.4 Å². The van der Waals surface area contributed by atoms with E-state index in [1.807, 2.05) is 35.2 Å². The Morgan fingerprint density at radius 3 is 2.71 bits per heavy atom. The van der Waals surface area contributed by atoms with E-state index in [0.29, 0.717) is 11.7 Å². The van der Waals surface area contributed by atoms with Gasteiger partial charge in [-0.25, -0.2) is 0 Å². The lowest BCUT2D eigenvalue weighted by atomic mass is 9.96. The molecule has 1 amide bonds. The third-order valence-electron chi connectivity index (χ3n) is 5.36. The van der Waals surface area contributed by atoms with E-state index in [2.05, 4.69) is 30.1 Å². The molecule has 4 rings (SSSR count). The summed E-state index contributed by atoms with van der Waals surface area (Å²) in [5.74, 6) is 1.69. The van der Waals surface area contributed by atoms with E-state index in [4.69, 9.17) is 4.52 Å². The maximum absolute atomic E-state index is 12.9. The number of hydrogen-bond donors (Lipinski definition) is 0. The molecule has 28 heavy (non-hydrogen) atoms. The number of thiophene rings is 1. The second kappa shape index (κ2) is 8.27. The molecule has 0 radical (unpaired) electrons. The van der Waals surface area contributed by atoms with Gasteiger partial charge >= 0.3 is 0 Å². The average molecular weight is 396 g/mol. The number of benzene rings is 1. The topological polar surface area (TPSA) is 59.2 Å². The van der Waals surface area contributed by atoms with Gasteiger partial charge in [-0.05, 0) is 37.8 Å². The smallest absolute Gasteiger partial charge is 0.263 e. The van der Waals surface area contributed by atoms with Gasteiger partial charge in [0.25, 0.3) is 5.91 Å². The van der Waals surface area contributed by atoms with Gasteiger partial charge in [0.15, 0.2) is 0 Å². The van der Waals surface area contributed by atoms with Crippen molar-refractivity contribution in [2.75, 3.05) is 13.1 Å². The summed E-state index contributed by atoms with van der Waals surface area (Å²) in [6.07, 6.45) is 3.85. The number of likely N-dealkylation sites (tertiary alicyclic amines) is 1. The Kier molecular flexibility index (Phi) is 5.57. The maximum Gasteiger partial charge on any atom is 0.263 e. The molecule has 1 aromatic carbocycles. The van der Waals surface area contributed by atoms with Crippen LogP contribution in [0, 0.1) is 6.92 Å². The number of carbonyl (C=O) groups excluding carboxylic acids is 1. The molecule has 0 atom stereocenters. The Morgan fingerprint density at radius 2 is 2.00 bits per heavy atom. The lowest BCUT2D eigenvalue weighted by Gasteiger charge is -2.30. The van der Waals surface area contributed by atoms with Crippen molar-refractivity contribution < 1.29 is 9.32 Å². The molecule has 1 aliphatic heterocycles. The van der Waals surface area contributed by atoms with Crippen LogP contribution in [0.4, 0.5) is 0 Å². The molecule has 0 N–H and O–H groups in total. The van der Waals surface area contributed by atoms with Crippen LogP contribution in [-0.2, 0) is 6.42 Å². The van der Waals surface area contributed by atoms with Crippen LogP contribution < -0.4 is 0 Å². The molecule has 0 saturated carbocycles. The summed E-state index contributed by atoms with van der Waals surface area (Å²) in [6.45, 7) is 5.74. The van der Waals surface area contributed by atoms with Gasteiger partial charge in [-0.15, -0.1) is 11.3 Å². The predicted octanol–water partition coefficient (Wildman–Crippen LogP) is 5.08. The number of carbonyl (C=O) groups is 1. The summed E-state index contributed by atoms with van der Waals surface area (Å²) < 4.78 is 5.52. The minimum atomic E-state index is 0.157. The molecule has 1 saturated heterocycles. The third-order valence-corrected chi connectivity index (χ3v) is 6.44. The van der Waals surface area contributed by atoms with Crippen molar-refractivity contribution in [1.82, 2.24) is 15.0 Å². The Hall–Kier alpha value is -2.47. The predicted molar refractivity (Wildman–Crippen MR) is 111 cm³/mol. The normalized spacial score (nSPS) is 15.1. The summed E-state index contributed by atoms with van der Waals surface area (Å²) >= 11 is 1.62. The molecule has 6 heteroatoms. The molecular weight excluding hydrogens is 370 g/mol. The van der Waals surface area contributed by atoms with E-state index in [0.717, 1.165) is 49.2 Å². The lowest BCUT2D eigenvalue weighted by molar-refractivity contribution is 0.0709. The molecule has 2 aromatic heterocycles. The SMILES string of the molecule is CCCc1cc(C(=O)N2CCC(c3nc(-c4ccccc4)no3)CC2)sc1C. The molecular formula is C22H25N3O2S. The molecule has 5 nitrogen and oxygen atoms in total. The van der Waals surface area contributed by atoms with Crippen LogP contribution in [0.2, 0.25) is 0 Å². The first-order chi connectivity index (χ1) is 13.7. The lowest BCUT2D eigenvalue weighted by Crippen LogP contribution is -2.37. The highest BCUT2D eigenvalue weighted by molar-refractivity contribution is 7.14. The van der Waals surface area contributed by atoms with Crippen molar-refractivity contribution in [3.63, 3.8) is 0 Å². The fourth-order valence-corrected chi connectivity index (χ4v) is 4.77. The Labute approximate surface area is 169 Å². The molecule has 3 aromatic rings. The molecule has 0 bridgehead atoms. The molecule has 0 spiro atoms. The minimum absolute atomic E-state index is 0.157. The highest BCUT2D eigenvalue weighted by Gasteiger charge is 2.29. The van der Waals surface area contributed by atoms with Crippen molar-refractivity contribution in [2.24, 2.45) is 0 Å². The molecule has 0 aliphatic carbocycles. The van der Waals surface area contributed by atoms with Gasteiger partial charge in [-0.2, -0.15) is 4.98 Å². The first kappa shape index (κ1) is 18.9. The van der Waals surface area contributed by atoms with Gasteiger partial charge in [-0.3, -0.25) is 4.79 Å². The van der Waals surface area contributed by atoms with Crippen LogP contribution in [0.3, 0.4) is 0 Å². The number of hydrogen-bond acceptors (Lipinski definition) is 5. The van der Waals surface area contributed by atoms with E-state index in [1.165, 1.54) is 10.4 Å². The Bertz CT molecular complexity index is 940. The second-order valence-electron chi connectivity index (χ2n) is 7.33. The fraction of sp³-hybridized carbons (Fsp3) is 0.409. The zero-order valence-corrected chi connectivity index (χ0v) is 17.2. The van der Waals surface area contributed by atoms with Crippen LogP contribution in [0.5, 0.6) is 0 Å². The third kappa shape index (κ3) is 3.87. The van der Waals surface area contributed by atoms with E-state index < -0.39 is 0 Å². The highest BCUT2D eigenvalue weighted by atomic mass is 32.1. The number of piperidine rings is 1. The van der Waals surface area contributed by atoms with Crippen molar-refractivity contribution in [3.05, 3.63) is 57.6 Å². The fourth-order valence-electron chi connectivity index (χ4n) is 3.73. The number of aryl methyl sites for hydroxylation is 2. The summed E-state index contributed by atoms with van der Waals surface area (Å²) in [6, 6.07) is 11.9. The highest BCUT2D eigenvalue weighted by Crippen LogP contribution is 2.30. The summed E-state index contributed by atoms with van der Waals surface area (Å²) in [5, 5.41) is 4.13. The van der Waals surface area contributed by atoms with Crippen LogP contribution in [0.1, 0.15) is 58.1 Å². The summed E-state index contributed by atoms with van der Waals surface area (Å²) in [5.41, 5.74) is 2.27. The van der Waals surface area contributed by atoms with Gasteiger partial charge in [0.1, 0.15) is 0 Å². The van der Waals surface area contributed by atoms with Crippen LogP contribution in [0.25, 0.3) is 11.4 Å². The zero-order valence-electron chi connectivity index (χ0n) is 16.4. The summed E-state index contributed by atoms with van der Waals surface area (Å²) in [7, 11) is 0. The van der Waals surface area contributed by atoms with Gasteiger partial charge in [-0.1, -0.05) is 48.8 Å². The number of amides is 1.